The van der Waals surface area contributed by atoms with Crippen molar-refractivity contribution in [1.29, 1.82) is 0 Å². The zero-order valence-electron chi connectivity index (χ0n) is 16.7. The Morgan fingerprint density at radius 2 is 2.08 bits per heavy atom. The fraction of sp³-hybridized carbons (Fsp3) is 0.684. The van der Waals surface area contributed by atoms with Gasteiger partial charge in [-0.15, -0.1) is 10.2 Å². The van der Waals surface area contributed by atoms with Crippen molar-refractivity contribution in [3.8, 4) is 0 Å². The topological polar surface area (TPSA) is 63.0 Å². The molecule has 142 valence electrons. The predicted molar refractivity (Wildman–Crippen MR) is 103 cm³/mol. The molecule has 7 heteroatoms. The second kappa shape index (κ2) is 8.12. The summed E-state index contributed by atoms with van der Waals surface area (Å²) in [6, 6.07) is 0. The van der Waals surface area contributed by atoms with Crippen LogP contribution in [-0.4, -0.2) is 56.8 Å². The first-order valence-corrected chi connectivity index (χ1v) is 9.60. The van der Waals surface area contributed by atoms with Crippen LogP contribution in [0, 0.1) is 6.92 Å². The van der Waals surface area contributed by atoms with Gasteiger partial charge >= 0.3 is 0 Å². The highest BCUT2D eigenvalue weighted by Gasteiger charge is 2.28. The van der Waals surface area contributed by atoms with Gasteiger partial charge in [0.05, 0.1) is 6.54 Å². The van der Waals surface area contributed by atoms with Crippen LogP contribution < -0.4 is 4.90 Å². The summed E-state index contributed by atoms with van der Waals surface area (Å²) in [6.07, 6.45) is 6.43. The Bertz CT molecular complexity index is 737. The second-order valence-corrected chi connectivity index (χ2v) is 7.57. The molecule has 2 aromatic heterocycles. The number of anilines is 1. The normalized spacial score (nSPS) is 17.9. The highest BCUT2D eigenvalue weighted by Crippen LogP contribution is 2.30. The molecule has 1 atom stereocenters. The smallest absolute Gasteiger partial charge is 0.146 e. The highest BCUT2D eigenvalue weighted by atomic mass is 15.3. The van der Waals surface area contributed by atoms with Crippen LogP contribution >= 0.6 is 0 Å². The molecular formula is C19H31N7. The van der Waals surface area contributed by atoms with Gasteiger partial charge in [0.1, 0.15) is 23.3 Å². The molecule has 0 radical (unpaired) electrons. The Hall–Kier alpha value is -2.02. The van der Waals surface area contributed by atoms with Crippen LogP contribution in [0.15, 0.2) is 6.20 Å². The molecule has 2 aromatic rings. The molecule has 0 N–H and O–H groups in total. The molecule has 0 amide bonds. The van der Waals surface area contributed by atoms with Gasteiger partial charge in [0.15, 0.2) is 0 Å². The summed E-state index contributed by atoms with van der Waals surface area (Å²) in [5.41, 5.74) is 1.25. The van der Waals surface area contributed by atoms with Gasteiger partial charge in [-0.05, 0) is 40.3 Å². The molecule has 3 rings (SSSR count). The van der Waals surface area contributed by atoms with Crippen LogP contribution in [0.1, 0.15) is 55.1 Å². The predicted octanol–water partition coefficient (Wildman–Crippen LogP) is 2.31. The molecule has 1 aliphatic rings. The SMILES string of the molecule is CCCc1cnc(C)nc1N1CCC[C@@H](c2nnc(CN(C)C)n2C)C1. The van der Waals surface area contributed by atoms with Crippen molar-refractivity contribution in [1.82, 2.24) is 29.6 Å². The van der Waals surface area contributed by atoms with Crippen LogP contribution in [0.25, 0.3) is 0 Å². The lowest BCUT2D eigenvalue weighted by Gasteiger charge is -2.34. The zero-order chi connectivity index (χ0) is 18.7. The van der Waals surface area contributed by atoms with Gasteiger partial charge in [-0.25, -0.2) is 9.97 Å². The molecule has 0 aromatic carbocycles. The number of hydrogen-bond donors (Lipinski definition) is 0. The van der Waals surface area contributed by atoms with Gasteiger partial charge < -0.3 is 14.4 Å². The quantitative estimate of drug-likeness (QED) is 0.791. The van der Waals surface area contributed by atoms with Gasteiger partial charge in [0.25, 0.3) is 0 Å². The van der Waals surface area contributed by atoms with E-state index >= 15 is 0 Å². The number of hydrogen-bond acceptors (Lipinski definition) is 6. The maximum absolute atomic E-state index is 4.78. The van der Waals surface area contributed by atoms with Crippen molar-refractivity contribution >= 4 is 5.82 Å². The average Bonchev–Trinajstić information content (AvgIpc) is 2.97. The first-order chi connectivity index (χ1) is 12.5. The minimum Gasteiger partial charge on any atom is -0.356 e. The Kier molecular flexibility index (Phi) is 5.86. The van der Waals surface area contributed by atoms with Gasteiger partial charge in [-0.3, -0.25) is 0 Å². The Morgan fingerprint density at radius 3 is 2.81 bits per heavy atom. The third-order valence-electron chi connectivity index (χ3n) is 5.02. The standard InChI is InChI=1S/C19H31N7/c1-6-8-15-11-20-14(2)21-18(15)26-10-7-9-16(12-26)19-23-22-17(25(19)5)13-24(3)4/h11,16H,6-10,12-13H2,1-5H3/t16-/m1/s1. The van der Waals surface area contributed by atoms with Crippen LogP contribution in [0.5, 0.6) is 0 Å². The lowest BCUT2D eigenvalue weighted by atomic mass is 9.96. The van der Waals surface area contributed by atoms with Crippen LogP contribution in [0.4, 0.5) is 5.82 Å². The van der Waals surface area contributed by atoms with Crippen LogP contribution in [0.2, 0.25) is 0 Å². The zero-order valence-corrected chi connectivity index (χ0v) is 16.7. The van der Waals surface area contributed by atoms with Gasteiger partial charge in [-0.2, -0.15) is 0 Å². The van der Waals surface area contributed by atoms with E-state index in [4.69, 9.17) is 4.98 Å². The molecule has 1 saturated heterocycles. The summed E-state index contributed by atoms with van der Waals surface area (Å²) in [6.45, 7) is 6.98. The van der Waals surface area contributed by atoms with E-state index in [1.165, 1.54) is 5.56 Å². The van der Waals surface area contributed by atoms with Crippen molar-refractivity contribution in [3.05, 3.63) is 29.2 Å². The van der Waals surface area contributed by atoms with Crippen molar-refractivity contribution in [3.63, 3.8) is 0 Å². The largest absolute Gasteiger partial charge is 0.356 e. The Labute approximate surface area is 156 Å². The number of nitrogens with zero attached hydrogens (tertiary/aromatic N) is 7. The monoisotopic (exact) mass is 357 g/mol. The van der Waals surface area contributed by atoms with E-state index < -0.39 is 0 Å². The van der Waals surface area contributed by atoms with Crippen molar-refractivity contribution < 1.29 is 0 Å². The Morgan fingerprint density at radius 1 is 1.27 bits per heavy atom. The lowest BCUT2D eigenvalue weighted by Crippen LogP contribution is -2.36. The summed E-state index contributed by atoms with van der Waals surface area (Å²) >= 11 is 0. The Balaban J connectivity index is 1.82. The fourth-order valence-electron chi connectivity index (χ4n) is 3.73. The summed E-state index contributed by atoms with van der Waals surface area (Å²) in [7, 11) is 6.21. The third-order valence-corrected chi connectivity index (χ3v) is 5.02. The third kappa shape index (κ3) is 4.03. The van der Waals surface area contributed by atoms with Crippen molar-refractivity contribution in [2.24, 2.45) is 7.05 Å². The molecule has 26 heavy (non-hydrogen) atoms. The van der Waals surface area contributed by atoms with E-state index in [-0.39, 0.29) is 0 Å². The molecule has 1 aliphatic heterocycles. The highest BCUT2D eigenvalue weighted by molar-refractivity contribution is 5.47. The molecule has 0 spiro atoms. The maximum Gasteiger partial charge on any atom is 0.146 e. The fourth-order valence-corrected chi connectivity index (χ4v) is 3.73. The van der Waals surface area contributed by atoms with E-state index in [0.717, 1.165) is 68.6 Å². The first-order valence-electron chi connectivity index (χ1n) is 9.60. The maximum atomic E-state index is 4.78. The molecule has 0 aliphatic carbocycles. The molecule has 3 heterocycles. The second-order valence-electron chi connectivity index (χ2n) is 7.57. The molecule has 7 nitrogen and oxygen atoms in total. The minimum absolute atomic E-state index is 0.391. The molecule has 0 saturated carbocycles. The van der Waals surface area contributed by atoms with Crippen LogP contribution in [0.3, 0.4) is 0 Å². The molecule has 0 unspecified atom stereocenters. The van der Waals surface area contributed by atoms with Gasteiger partial charge in [0, 0.05) is 37.8 Å². The molecular weight excluding hydrogens is 326 g/mol. The summed E-state index contributed by atoms with van der Waals surface area (Å²) in [5, 5.41) is 8.94. The summed E-state index contributed by atoms with van der Waals surface area (Å²) < 4.78 is 2.17. The van der Waals surface area contributed by atoms with E-state index in [9.17, 15) is 0 Å². The van der Waals surface area contributed by atoms with Crippen molar-refractivity contribution in [2.75, 3.05) is 32.1 Å². The first kappa shape index (κ1) is 18.8. The summed E-state index contributed by atoms with van der Waals surface area (Å²) in [5.74, 6) is 4.46. The molecule has 0 bridgehead atoms. The van der Waals surface area contributed by atoms with E-state index in [0.29, 0.717) is 5.92 Å². The van der Waals surface area contributed by atoms with Crippen molar-refractivity contribution in [2.45, 2.75) is 52.0 Å². The average molecular weight is 358 g/mol. The summed E-state index contributed by atoms with van der Waals surface area (Å²) in [4.78, 5) is 13.7. The number of piperidine rings is 1. The van der Waals surface area contributed by atoms with Gasteiger partial charge in [-0.1, -0.05) is 13.3 Å². The van der Waals surface area contributed by atoms with E-state index in [1.807, 2.05) is 13.1 Å². The molecule has 1 fully saturated rings. The minimum atomic E-state index is 0.391. The number of rotatable bonds is 6. The number of aromatic nitrogens is 5. The van der Waals surface area contributed by atoms with Crippen LogP contribution in [-0.2, 0) is 20.0 Å². The van der Waals surface area contributed by atoms with E-state index in [1.54, 1.807) is 0 Å². The lowest BCUT2D eigenvalue weighted by molar-refractivity contribution is 0.382. The van der Waals surface area contributed by atoms with Gasteiger partial charge in [0.2, 0.25) is 0 Å². The number of aryl methyl sites for hydroxylation is 2. The van der Waals surface area contributed by atoms with E-state index in [2.05, 4.69) is 57.6 Å².